The normalized spacial score (nSPS) is 11.2. The number of aromatic nitrogens is 1. The molecule has 0 atom stereocenters. The van der Waals surface area contributed by atoms with E-state index in [0.29, 0.717) is 5.82 Å². The number of hydrogen-bond donors (Lipinski definition) is 2. The maximum Gasteiger partial charge on any atom is 0.262 e. The van der Waals surface area contributed by atoms with Gasteiger partial charge in [0.1, 0.15) is 11.5 Å². The Morgan fingerprint density at radius 2 is 1.81 bits per heavy atom. The largest absolute Gasteiger partial charge is 0.373 e. The molecule has 0 aliphatic heterocycles. The molecule has 5 nitrogen and oxygen atoms in total. The second kappa shape index (κ2) is 5.94. The smallest absolute Gasteiger partial charge is 0.262 e. The average molecular weight is 378 g/mol. The minimum atomic E-state index is -4.13. The van der Waals surface area contributed by atoms with Crippen LogP contribution in [-0.2, 0) is 10.0 Å². The van der Waals surface area contributed by atoms with Gasteiger partial charge in [0.25, 0.3) is 10.0 Å². The fourth-order valence-electron chi connectivity index (χ4n) is 1.55. The number of pyridine rings is 1. The van der Waals surface area contributed by atoms with Crippen molar-refractivity contribution in [2.24, 2.45) is 0 Å². The van der Waals surface area contributed by atoms with Gasteiger partial charge in [-0.15, -0.1) is 0 Å². The molecule has 21 heavy (non-hydrogen) atoms. The Morgan fingerprint density at radius 1 is 1.19 bits per heavy atom. The molecule has 9 heteroatoms. The van der Waals surface area contributed by atoms with E-state index in [0.717, 1.165) is 12.1 Å². The Hall–Kier alpha value is -1.74. The zero-order valence-corrected chi connectivity index (χ0v) is 13.1. The molecule has 0 bridgehead atoms. The highest BCUT2D eigenvalue weighted by atomic mass is 79.9. The summed E-state index contributed by atoms with van der Waals surface area (Å²) in [5.41, 5.74) is -0.735. The third kappa shape index (κ3) is 3.48. The van der Waals surface area contributed by atoms with Gasteiger partial charge >= 0.3 is 0 Å². The highest BCUT2D eigenvalue weighted by molar-refractivity contribution is 9.10. The van der Waals surface area contributed by atoms with E-state index in [9.17, 15) is 17.2 Å². The van der Waals surface area contributed by atoms with Crippen molar-refractivity contribution in [2.75, 3.05) is 17.1 Å². The van der Waals surface area contributed by atoms with E-state index in [4.69, 9.17) is 0 Å². The first-order valence-electron chi connectivity index (χ1n) is 5.64. The van der Waals surface area contributed by atoms with Crippen LogP contribution in [0.3, 0.4) is 0 Å². The van der Waals surface area contributed by atoms with Crippen LogP contribution >= 0.6 is 15.9 Å². The van der Waals surface area contributed by atoms with Crippen LogP contribution in [0.5, 0.6) is 0 Å². The second-order valence-electron chi connectivity index (χ2n) is 3.98. The summed E-state index contributed by atoms with van der Waals surface area (Å²) in [4.78, 5) is 3.70. The van der Waals surface area contributed by atoms with E-state index < -0.39 is 27.3 Å². The van der Waals surface area contributed by atoms with Gasteiger partial charge in [-0.25, -0.2) is 22.2 Å². The monoisotopic (exact) mass is 377 g/mol. The highest BCUT2D eigenvalue weighted by Crippen LogP contribution is 2.26. The standard InChI is InChI=1S/C12H10BrF2N3O2S/c1-16-11-6-8(2-3-17-11)21(19,20)18-12-9(14)4-7(13)5-10(12)15/h2-6,18H,1H3,(H,16,17). The minimum absolute atomic E-state index is 0.163. The maximum atomic E-state index is 13.7. The van der Waals surface area contributed by atoms with E-state index >= 15 is 0 Å². The van der Waals surface area contributed by atoms with Gasteiger partial charge in [0, 0.05) is 23.8 Å². The Labute approximate surface area is 128 Å². The first-order valence-corrected chi connectivity index (χ1v) is 7.92. The van der Waals surface area contributed by atoms with Crippen LogP contribution < -0.4 is 10.0 Å². The van der Waals surface area contributed by atoms with E-state index in [1.807, 2.05) is 4.72 Å². The third-order valence-corrected chi connectivity index (χ3v) is 4.35. The van der Waals surface area contributed by atoms with E-state index in [2.05, 4.69) is 26.2 Å². The molecule has 2 aromatic rings. The SMILES string of the molecule is CNc1cc(S(=O)(=O)Nc2c(F)cc(Br)cc2F)ccn1. The third-order valence-electron chi connectivity index (χ3n) is 2.54. The van der Waals surface area contributed by atoms with Crippen molar-refractivity contribution >= 4 is 37.5 Å². The lowest BCUT2D eigenvalue weighted by Crippen LogP contribution is -2.15. The Morgan fingerprint density at radius 3 is 2.38 bits per heavy atom. The quantitative estimate of drug-likeness (QED) is 0.858. The highest BCUT2D eigenvalue weighted by Gasteiger charge is 2.20. The molecule has 1 aromatic heterocycles. The molecule has 1 aromatic carbocycles. The van der Waals surface area contributed by atoms with Crippen molar-refractivity contribution in [3.8, 4) is 0 Å². The summed E-state index contributed by atoms with van der Waals surface area (Å²) in [7, 11) is -2.56. The lowest BCUT2D eigenvalue weighted by Gasteiger charge is -2.11. The molecule has 2 rings (SSSR count). The maximum absolute atomic E-state index is 13.7. The topological polar surface area (TPSA) is 71.1 Å². The van der Waals surface area contributed by atoms with Crippen LogP contribution in [0.25, 0.3) is 0 Å². The van der Waals surface area contributed by atoms with Gasteiger partial charge in [0.2, 0.25) is 0 Å². The lowest BCUT2D eigenvalue weighted by molar-refractivity contribution is 0.582. The fraction of sp³-hybridized carbons (Fsp3) is 0.0833. The van der Waals surface area contributed by atoms with Gasteiger partial charge in [-0.05, 0) is 18.2 Å². The van der Waals surface area contributed by atoms with Crippen LogP contribution in [0.2, 0.25) is 0 Å². The van der Waals surface area contributed by atoms with Crippen LogP contribution in [-0.4, -0.2) is 20.4 Å². The Kier molecular flexibility index (Phi) is 4.43. The van der Waals surface area contributed by atoms with Crippen LogP contribution in [0.4, 0.5) is 20.3 Å². The van der Waals surface area contributed by atoms with E-state index in [1.54, 1.807) is 7.05 Å². The number of halogens is 3. The molecule has 0 aliphatic rings. The number of hydrogen-bond acceptors (Lipinski definition) is 4. The number of rotatable bonds is 4. The predicted molar refractivity (Wildman–Crippen MR) is 78.7 cm³/mol. The first kappa shape index (κ1) is 15.6. The van der Waals surface area contributed by atoms with Crippen LogP contribution in [0, 0.1) is 11.6 Å². The molecule has 0 fully saturated rings. The molecular formula is C12H10BrF2N3O2S. The zero-order chi connectivity index (χ0) is 15.6. The van der Waals surface area contributed by atoms with Crippen molar-refractivity contribution in [3.05, 3.63) is 46.6 Å². The molecule has 0 amide bonds. The molecule has 112 valence electrons. The molecule has 0 aliphatic carbocycles. The van der Waals surface area contributed by atoms with Gasteiger partial charge in [0.15, 0.2) is 11.6 Å². The predicted octanol–water partition coefficient (Wildman–Crippen LogP) is 2.96. The van der Waals surface area contributed by atoms with Crippen molar-refractivity contribution in [1.82, 2.24) is 4.98 Å². The number of nitrogens with zero attached hydrogens (tertiary/aromatic N) is 1. The van der Waals surface area contributed by atoms with E-state index in [1.165, 1.54) is 18.3 Å². The van der Waals surface area contributed by atoms with Gasteiger partial charge < -0.3 is 5.32 Å². The van der Waals surface area contributed by atoms with Gasteiger partial charge in [-0.2, -0.15) is 0 Å². The van der Waals surface area contributed by atoms with Gasteiger partial charge in [-0.3, -0.25) is 4.72 Å². The van der Waals surface area contributed by atoms with Crippen molar-refractivity contribution < 1.29 is 17.2 Å². The van der Waals surface area contributed by atoms with Crippen molar-refractivity contribution in [2.45, 2.75) is 4.90 Å². The summed E-state index contributed by atoms with van der Waals surface area (Å²) >= 11 is 2.92. The summed E-state index contributed by atoms with van der Waals surface area (Å²) in [5, 5.41) is 2.68. The molecule has 0 saturated heterocycles. The van der Waals surface area contributed by atoms with Crippen molar-refractivity contribution in [1.29, 1.82) is 0 Å². The zero-order valence-electron chi connectivity index (χ0n) is 10.7. The molecule has 2 N–H and O–H groups in total. The first-order chi connectivity index (χ1) is 9.83. The summed E-state index contributed by atoms with van der Waals surface area (Å²) in [6.45, 7) is 0. The fourth-order valence-corrected chi connectivity index (χ4v) is 3.04. The molecule has 0 spiro atoms. The summed E-state index contributed by atoms with van der Waals surface area (Å²) in [6.07, 6.45) is 1.27. The molecule has 1 heterocycles. The van der Waals surface area contributed by atoms with Gasteiger partial charge in [-0.1, -0.05) is 15.9 Å². The summed E-state index contributed by atoms with van der Waals surface area (Å²) in [5.74, 6) is -1.73. The number of benzene rings is 1. The van der Waals surface area contributed by atoms with Crippen molar-refractivity contribution in [3.63, 3.8) is 0 Å². The molecule has 0 saturated carbocycles. The number of sulfonamides is 1. The molecule has 0 radical (unpaired) electrons. The Balaban J connectivity index is 2.42. The second-order valence-corrected chi connectivity index (χ2v) is 6.57. The molecular weight excluding hydrogens is 368 g/mol. The van der Waals surface area contributed by atoms with Gasteiger partial charge in [0.05, 0.1) is 4.90 Å². The Bertz CT molecular complexity index is 761. The number of nitrogens with one attached hydrogen (secondary N) is 2. The summed E-state index contributed by atoms with van der Waals surface area (Å²) in [6, 6.07) is 4.40. The van der Waals surface area contributed by atoms with Crippen LogP contribution in [0.1, 0.15) is 0 Å². The van der Waals surface area contributed by atoms with E-state index in [-0.39, 0.29) is 9.37 Å². The molecule has 0 unspecified atom stereocenters. The lowest BCUT2D eigenvalue weighted by atomic mass is 10.3. The summed E-state index contributed by atoms with van der Waals surface area (Å²) < 4.78 is 53.7. The number of anilines is 2. The minimum Gasteiger partial charge on any atom is -0.373 e. The average Bonchev–Trinajstić information content (AvgIpc) is 2.43. The van der Waals surface area contributed by atoms with Crippen LogP contribution in [0.15, 0.2) is 39.8 Å².